The summed E-state index contributed by atoms with van der Waals surface area (Å²) in [6.07, 6.45) is 5.70. The first-order valence-corrected chi connectivity index (χ1v) is 14.7. The lowest BCUT2D eigenvalue weighted by atomic mass is 10.0. The zero-order valence-corrected chi connectivity index (χ0v) is 23.0. The first-order chi connectivity index (χ1) is 19.2. The van der Waals surface area contributed by atoms with Crippen molar-refractivity contribution in [3.05, 3.63) is 104 Å². The molecule has 5 aromatic rings. The molecule has 0 aliphatic carbocycles. The molecular weight excluding hydrogens is 549 g/mol. The minimum Gasteiger partial charge on any atom is -0.266 e. The Kier molecular flexibility index (Phi) is 6.06. The van der Waals surface area contributed by atoms with Crippen LogP contribution in [0.4, 0.5) is 0 Å². The van der Waals surface area contributed by atoms with Gasteiger partial charge in [0.1, 0.15) is 12.7 Å². The summed E-state index contributed by atoms with van der Waals surface area (Å²) in [6.45, 7) is 1.99. The molecule has 0 radical (unpaired) electrons. The van der Waals surface area contributed by atoms with Gasteiger partial charge in [-0.2, -0.15) is 20.3 Å². The fourth-order valence-electron chi connectivity index (χ4n) is 4.71. The van der Waals surface area contributed by atoms with Crippen LogP contribution in [0.2, 0.25) is 0 Å². The Hall–Kier alpha value is -4.13. The quantitative estimate of drug-likeness (QED) is 0.252. The van der Waals surface area contributed by atoms with Crippen LogP contribution in [0.5, 0.6) is 0 Å². The monoisotopic (exact) mass is 568 g/mol. The van der Waals surface area contributed by atoms with Crippen molar-refractivity contribution in [1.29, 1.82) is 0 Å². The first-order valence-electron chi connectivity index (χ1n) is 12.1. The fraction of sp³-hybridized carbons (Fsp3) is 0.111. The second kappa shape index (κ2) is 9.88. The number of thioether (sulfide) groups is 1. The molecule has 0 saturated heterocycles. The summed E-state index contributed by atoms with van der Waals surface area (Å²) >= 11 is 4.58. The zero-order chi connectivity index (χ0) is 26.3. The Morgan fingerprint density at radius 3 is 2.62 bits per heavy atom. The van der Waals surface area contributed by atoms with Gasteiger partial charge in [-0.15, -0.1) is 22.7 Å². The number of hydrogen-bond acceptors (Lipinski definition) is 9. The number of carbonyl (C=O) groups excluding carboxylic acids is 1. The number of hydrogen-bond donors (Lipinski definition) is 0. The van der Waals surface area contributed by atoms with Crippen LogP contribution in [0.15, 0.2) is 93.0 Å². The summed E-state index contributed by atoms with van der Waals surface area (Å²) in [4.78, 5) is 24.3. The van der Waals surface area contributed by atoms with E-state index < -0.39 is 0 Å². The molecule has 39 heavy (non-hydrogen) atoms. The van der Waals surface area contributed by atoms with Crippen LogP contribution in [0.1, 0.15) is 33.5 Å². The maximum atomic E-state index is 12.9. The molecule has 0 saturated carbocycles. The van der Waals surface area contributed by atoms with Crippen LogP contribution >= 0.6 is 34.4 Å². The summed E-state index contributed by atoms with van der Waals surface area (Å²) in [5, 5.41) is 20.9. The van der Waals surface area contributed by atoms with Crippen molar-refractivity contribution in [2.45, 2.75) is 19.4 Å². The lowest BCUT2D eigenvalue weighted by Gasteiger charge is -2.23. The number of aliphatic imine (C=N–C) groups is 1. The van der Waals surface area contributed by atoms with Gasteiger partial charge in [0.05, 0.1) is 32.9 Å². The third-order valence-corrected chi connectivity index (χ3v) is 9.10. The predicted octanol–water partition coefficient (Wildman–Crippen LogP) is 5.71. The maximum Gasteiger partial charge on any atom is 0.286 e. The number of rotatable bonds is 5. The maximum absolute atomic E-state index is 12.9. The third-order valence-electron chi connectivity index (χ3n) is 6.39. The number of amides is 1. The number of aryl methyl sites for hydroxylation is 1. The molecule has 0 N–H and O–H groups in total. The average Bonchev–Trinajstić information content (AvgIpc) is 3.78. The van der Waals surface area contributed by atoms with Gasteiger partial charge in [-0.25, -0.2) is 19.4 Å². The van der Waals surface area contributed by atoms with Crippen molar-refractivity contribution in [3.8, 4) is 11.5 Å². The highest BCUT2D eigenvalue weighted by atomic mass is 32.2. The first kappa shape index (κ1) is 23.9. The summed E-state index contributed by atoms with van der Waals surface area (Å²) < 4.78 is 3.62. The van der Waals surface area contributed by atoms with E-state index in [0.717, 1.165) is 38.2 Å². The van der Waals surface area contributed by atoms with Crippen molar-refractivity contribution in [3.63, 3.8) is 0 Å². The van der Waals surface area contributed by atoms with E-state index >= 15 is 0 Å². The van der Waals surface area contributed by atoms with Gasteiger partial charge in [0.15, 0.2) is 11.0 Å². The second-order valence-corrected chi connectivity index (χ2v) is 11.8. The van der Waals surface area contributed by atoms with E-state index in [1.807, 2.05) is 82.0 Å². The van der Waals surface area contributed by atoms with Crippen LogP contribution < -0.4 is 0 Å². The fourth-order valence-corrected chi connectivity index (χ4v) is 7.07. The minimum absolute atomic E-state index is 0.251. The smallest absolute Gasteiger partial charge is 0.266 e. The molecule has 1 amide bonds. The lowest BCUT2D eigenvalue weighted by Crippen LogP contribution is -2.25. The summed E-state index contributed by atoms with van der Waals surface area (Å²) in [6, 6.07) is 17.7. The summed E-state index contributed by atoms with van der Waals surface area (Å²) in [5.41, 5.74) is 3.64. The van der Waals surface area contributed by atoms with E-state index in [-0.39, 0.29) is 11.9 Å². The number of para-hydroxylation sites is 1. The predicted molar refractivity (Wildman–Crippen MR) is 156 cm³/mol. The van der Waals surface area contributed by atoms with E-state index in [0.29, 0.717) is 16.5 Å². The standard InChI is InChI=1S/C27H20N8OS3/c1-17-24(26(33-16-28-15-29-33)34(31-17)18-7-3-2-4-8-18)21-14-20(22-10-6-12-38-22)32-35(21)27-30-25(36)23(39-27)13-19-9-5-11-37-19/h2-13,15-16,21H,14H2,1H3/b23-13-. The molecule has 0 spiro atoms. The Bertz CT molecular complexity index is 1730. The van der Waals surface area contributed by atoms with Gasteiger partial charge >= 0.3 is 0 Å². The van der Waals surface area contributed by atoms with Crippen LogP contribution in [0.3, 0.4) is 0 Å². The van der Waals surface area contributed by atoms with E-state index in [4.69, 9.17) is 10.2 Å². The van der Waals surface area contributed by atoms with E-state index in [2.05, 4.69) is 21.1 Å². The van der Waals surface area contributed by atoms with E-state index in [1.54, 1.807) is 33.7 Å². The normalized spacial score (nSPS) is 18.3. The van der Waals surface area contributed by atoms with Crippen LogP contribution in [-0.4, -0.2) is 46.3 Å². The molecule has 192 valence electrons. The Labute approximate surface area is 235 Å². The zero-order valence-electron chi connectivity index (χ0n) is 20.6. The van der Waals surface area contributed by atoms with Gasteiger partial charge in [-0.1, -0.05) is 30.3 Å². The van der Waals surface area contributed by atoms with Gasteiger partial charge in [0.25, 0.3) is 5.91 Å². The van der Waals surface area contributed by atoms with Crippen LogP contribution in [0, 0.1) is 6.92 Å². The molecule has 6 heterocycles. The minimum atomic E-state index is -0.255. The molecule has 0 bridgehead atoms. The van der Waals surface area contributed by atoms with Crippen LogP contribution in [-0.2, 0) is 4.79 Å². The van der Waals surface area contributed by atoms with Gasteiger partial charge in [0.2, 0.25) is 0 Å². The van der Waals surface area contributed by atoms with Crippen LogP contribution in [0.25, 0.3) is 17.6 Å². The number of aromatic nitrogens is 5. The summed E-state index contributed by atoms with van der Waals surface area (Å²) in [7, 11) is 0. The van der Waals surface area contributed by atoms with E-state index in [9.17, 15) is 4.79 Å². The van der Waals surface area contributed by atoms with Crippen molar-refractivity contribution < 1.29 is 4.79 Å². The Balaban J connectivity index is 1.35. The number of amidine groups is 1. The molecule has 1 atom stereocenters. The van der Waals surface area contributed by atoms with Crippen molar-refractivity contribution >= 4 is 57.3 Å². The van der Waals surface area contributed by atoms with Crippen molar-refractivity contribution in [2.24, 2.45) is 10.1 Å². The van der Waals surface area contributed by atoms with Gasteiger partial charge in [-0.05, 0) is 59.8 Å². The molecular formula is C27H20N8OS3. The molecule has 0 fully saturated rings. The molecule has 2 aliphatic heterocycles. The number of nitrogens with zero attached hydrogens (tertiary/aromatic N) is 8. The Morgan fingerprint density at radius 1 is 1.03 bits per heavy atom. The number of benzene rings is 1. The van der Waals surface area contributed by atoms with E-state index in [1.165, 1.54) is 18.1 Å². The topological polar surface area (TPSA) is 93.6 Å². The van der Waals surface area contributed by atoms with Gasteiger partial charge in [-0.3, -0.25) is 4.79 Å². The molecule has 1 aromatic carbocycles. The average molecular weight is 569 g/mol. The van der Waals surface area contributed by atoms with Crippen molar-refractivity contribution in [1.82, 2.24) is 29.6 Å². The third kappa shape index (κ3) is 4.36. The number of thiophene rings is 2. The lowest BCUT2D eigenvalue weighted by molar-refractivity contribution is -0.113. The molecule has 4 aromatic heterocycles. The highest BCUT2D eigenvalue weighted by Crippen LogP contribution is 2.43. The highest BCUT2D eigenvalue weighted by Gasteiger charge is 2.40. The molecule has 12 heteroatoms. The SMILES string of the molecule is Cc1nn(-c2ccccc2)c(-n2cncn2)c1C1CC(c2cccs2)=NN1C1=NC(=O)/C(=C/c2cccs2)S1. The van der Waals surface area contributed by atoms with Gasteiger partial charge in [0, 0.05) is 16.9 Å². The number of hydrazone groups is 1. The highest BCUT2D eigenvalue weighted by molar-refractivity contribution is 8.18. The number of carbonyl (C=O) groups is 1. The Morgan fingerprint density at radius 2 is 1.87 bits per heavy atom. The second-order valence-electron chi connectivity index (χ2n) is 8.82. The van der Waals surface area contributed by atoms with Crippen molar-refractivity contribution in [2.75, 3.05) is 0 Å². The molecule has 9 nitrogen and oxygen atoms in total. The molecule has 2 aliphatic rings. The molecule has 1 unspecified atom stereocenters. The molecule has 7 rings (SSSR count). The van der Waals surface area contributed by atoms with Gasteiger partial charge < -0.3 is 0 Å². The largest absolute Gasteiger partial charge is 0.286 e. The summed E-state index contributed by atoms with van der Waals surface area (Å²) in [5.74, 6) is 0.522.